The summed E-state index contributed by atoms with van der Waals surface area (Å²) >= 11 is 7.23. The zero-order valence-corrected chi connectivity index (χ0v) is 12.9. The molecule has 0 saturated carbocycles. The molecule has 17 heavy (non-hydrogen) atoms. The van der Waals surface area contributed by atoms with Gasteiger partial charge in [-0.05, 0) is 71.8 Å². The fourth-order valence-corrected chi connectivity index (χ4v) is 3.39. The van der Waals surface area contributed by atoms with Crippen molar-refractivity contribution in [2.45, 2.75) is 20.3 Å². The van der Waals surface area contributed by atoms with E-state index in [0.717, 1.165) is 10.9 Å². The van der Waals surface area contributed by atoms with Gasteiger partial charge in [-0.3, -0.25) is 0 Å². The van der Waals surface area contributed by atoms with Crippen molar-refractivity contribution in [1.82, 2.24) is 0 Å². The molecule has 0 nitrogen and oxygen atoms in total. The number of hydrogen-bond acceptors (Lipinski definition) is 0. The summed E-state index contributed by atoms with van der Waals surface area (Å²) in [5.74, 6) is 0. The molecular formula is C15H12Br2. The first kappa shape index (κ1) is 11.5. The number of hydrogen-bond donors (Lipinski definition) is 0. The van der Waals surface area contributed by atoms with E-state index in [4.69, 9.17) is 0 Å². The van der Waals surface area contributed by atoms with E-state index in [1.807, 2.05) is 0 Å². The third-order valence-corrected chi connectivity index (χ3v) is 5.25. The summed E-state index contributed by atoms with van der Waals surface area (Å²) in [6.07, 6.45) is 1.05. The maximum atomic E-state index is 3.68. The first-order valence-electron chi connectivity index (χ1n) is 5.65. The van der Waals surface area contributed by atoms with Crippen molar-refractivity contribution in [2.75, 3.05) is 0 Å². The van der Waals surface area contributed by atoms with Gasteiger partial charge in [0.25, 0.3) is 0 Å². The summed E-state index contributed by atoms with van der Waals surface area (Å²) in [6, 6.07) is 8.88. The minimum Gasteiger partial charge on any atom is -0.0530 e. The van der Waals surface area contributed by atoms with Gasteiger partial charge >= 0.3 is 0 Å². The van der Waals surface area contributed by atoms with Crippen LogP contribution in [0.5, 0.6) is 0 Å². The van der Waals surface area contributed by atoms with E-state index in [1.165, 1.54) is 37.9 Å². The van der Waals surface area contributed by atoms with E-state index in [0.29, 0.717) is 0 Å². The lowest BCUT2D eigenvalue weighted by Gasteiger charge is -2.09. The van der Waals surface area contributed by atoms with Crippen molar-refractivity contribution in [3.63, 3.8) is 0 Å². The van der Waals surface area contributed by atoms with Crippen molar-refractivity contribution >= 4 is 31.9 Å². The van der Waals surface area contributed by atoms with Crippen LogP contribution in [0.4, 0.5) is 0 Å². The quantitative estimate of drug-likeness (QED) is 0.508. The summed E-state index contributed by atoms with van der Waals surface area (Å²) in [5, 5.41) is 0. The Bertz CT molecular complexity index is 627. The minimum atomic E-state index is 1.05. The first-order chi connectivity index (χ1) is 8.08. The molecule has 0 saturated heterocycles. The van der Waals surface area contributed by atoms with Crippen LogP contribution in [0.1, 0.15) is 22.3 Å². The maximum absolute atomic E-state index is 3.68. The highest BCUT2D eigenvalue weighted by molar-refractivity contribution is 9.10. The van der Waals surface area contributed by atoms with Crippen LogP contribution in [0.2, 0.25) is 0 Å². The van der Waals surface area contributed by atoms with Gasteiger partial charge in [-0.2, -0.15) is 0 Å². The van der Waals surface area contributed by atoms with Gasteiger partial charge in [0.05, 0.1) is 0 Å². The van der Waals surface area contributed by atoms with Gasteiger partial charge in [-0.1, -0.05) is 37.9 Å². The number of halogens is 2. The predicted molar refractivity (Wildman–Crippen MR) is 79.6 cm³/mol. The van der Waals surface area contributed by atoms with Gasteiger partial charge in [-0.15, -0.1) is 0 Å². The molecule has 3 rings (SSSR count). The van der Waals surface area contributed by atoms with E-state index >= 15 is 0 Å². The van der Waals surface area contributed by atoms with Crippen molar-refractivity contribution in [3.05, 3.63) is 55.5 Å². The molecule has 0 amide bonds. The van der Waals surface area contributed by atoms with Crippen molar-refractivity contribution in [1.29, 1.82) is 0 Å². The Morgan fingerprint density at radius 1 is 1.00 bits per heavy atom. The van der Waals surface area contributed by atoms with Gasteiger partial charge in [0.2, 0.25) is 0 Å². The van der Waals surface area contributed by atoms with Gasteiger partial charge in [0, 0.05) is 8.95 Å². The Hall–Kier alpha value is -0.600. The highest BCUT2D eigenvalue weighted by Crippen LogP contribution is 2.42. The molecule has 0 aliphatic heterocycles. The molecule has 1 aliphatic rings. The molecule has 0 heterocycles. The predicted octanol–water partition coefficient (Wildman–Crippen LogP) is 5.40. The van der Waals surface area contributed by atoms with Crippen molar-refractivity contribution in [3.8, 4) is 11.1 Å². The fourth-order valence-electron chi connectivity index (χ4n) is 2.63. The van der Waals surface area contributed by atoms with Crippen LogP contribution < -0.4 is 0 Å². The van der Waals surface area contributed by atoms with Crippen LogP contribution in [0.15, 0.2) is 33.2 Å². The van der Waals surface area contributed by atoms with Gasteiger partial charge < -0.3 is 0 Å². The molecule has 2 aromatic carbocycles. The van der Waals surface area contributed by atoms with Crippen LogP contribution in [0, 0.1) is 13.8 Å². The number of rotatable bonds is 0. The monoisotopic (exact) mass is 350 g/mol. The SMILES string of the molecule is Cc1cc2c(c(C)c1Br)Cc1cc(Br)ccc1-2. The van der Waals surface area contributed by atoms with Crippen LogP contribution in [0.3, 0.4) is 0 Å². The average molecular weight is 352 g/mol. The Labute approximate surface area is 118 Å². The largest absolute Gasteiger partial charge is 0.0530 e. The fraction of sp³-hybridized carbons (Fsp3) is 0.200. The van der Waals surface area contributed by atoms with Gasteiger partial charge in [0.1, 0.15) is 0 Å². The average Bonchev–Trinajstić information content (AvgIpc) is 2.64. The van der Waals surface area contributed by atoms with Crippen molar-refractivity contribution < 1.29 is 0 Å². The topological polar surface area (TPSA) is 0 Å². The van der Waals surface area contributed by atoms with Gasteiger partial charge in [-0.25, -0.2) is 0 Å². The third kappa shape index (κ3) is 1.69. The molecular weight excluding hydrogens is 340 g/mol. The third-order valence-electron chi connectivity index (χ3n) is 3.54. The van der Waals surface area contributed by atoms with E-state index in [-0.39, 0.29) is 0 Å². The molecule has 0 spiro atoms. The lowest BCUT2D eigenvalue weighted by molar-refractivity contribution is 1.19. The standard InChI is InChI=1S/C15H12Br2/c1-8-5-14-12-4-3-11(16)6-10(12)7-13(14)9(2)15(8)17/h3-6H,7H2,1-2H3. The molecule has 0 atom stereocenters. The Morgan fingerprint density at radius 2 is 1.76 bits per heavy atom. The molecule has 0 bridgehead atoms. The van der Waals surface area contributed by atoms with E-state index in [1.54, 1.807) is 0 Å². The van der Waals surface area contributed by atoms with Crippen LogP contribution >= 0.6 is 31.9 Å². The second kappa shape index (κ2) is 3.96. The molecule has 1 aliphatic carbocycles. The molecule has 0 unspecified atom stereocenters. The molecule has 86 valence electrons. The molecule has 0 N–H and O–H groups in total. The highest BCUT2D eigenvalue weighted by atomic mass is 79.9. The van der Waals surface area contributed by atoms with Crippen molar-refractivity contribution in [2.24, 2.45) is 0 Å². The van der Waals surface area contributed by atoms with E-state index in [2.05, 4.69) is 70.0 Å². The lowest BCUT2D eigenvalue weighted by Crippen LogP contribution is -1.90. The molecule has 0 aromatic heterocycles. The summed E-state index contributed by atoms with van der Waals surface area (Å²) in [6.45, 7) is 4.37. The second-order valence-corrected chi connectivity index (χ2v) is 6.35. The highest BCUT2D eigenvalue weighted by Gasteiger charge is 2.22. The molecule has 2 heteroatoms. The molecule has 0 radical (unpaired) electrons. The molecule has 2 aromatic rings. The minimum absolute atomic E-state index is 1.05. The second-order valence-electron chi connectivity index (χ2n) is 4.64. The zero-order chi connectivity index (χ0) is 12.2. The Kier molecular flexibility index (Phi) is 2.68. The Morgan fingerprint density at radius 3 is 2.53 bits per heavy atom. The maximum Gasteiger partial charge on any atom is 0.0236 e. The van der Waals surface area contributed by atoms with Gasteiger partial charge in [0.15, 0.2) is 0 Å². The molecule has 0 fully saturated rings. The zero-order valence-electron chi connectivity index (χ0n) is 9.77. The summed E-state index contributed by atoms with van der Waals surface area (Å²) in [5.41, 5.74) is 8.39. The summed E-state index contributed by atoms with van der Waals surface area (Å²) < 4.78 is 2.42. The lowest BCUT2D eigenvalue weighted by atomic mass is 9.99. The Balaban J connectivity index is 2.30. The number of fused-ring (bicyclic) bond motifs is 3. The number of benzene rings is 2. The van der Waals surface area contributed by atoms with Crippen LogP contribution in [0.25, 0.3) is 11.1 Å². The van der Waals surface area contributed by atoms with Crippen LogP contribution in [-0.2, 0) is 6.42 Å². The summed E-state index contributed by atoms with van der Waals surface area (Å²) in [4.78, 5) is 0. The first-order valence-corrected chi connectivity index (χ1v) is 7.24. The smallest absolute Gasteiger partial charge is 0.0236 e. The normalized spacial score (nSPS) is 12.5. The number of aryl methyl sites for hydroxylation is 1. The summed E-state index contributed by atoms with van der Waals surface area (Å²) in [7, 11) is 0. The van der Waals surface area contributed by atoms with E-state index < -0.39 is 0 Å². The van der Waals surface area contributed by atoms with Crippen LogP contribution in [-0.4, -0.2) is 0 Å². The van der Waals surface area contributed by atoms with E-state index in [9.17, 15) is 0 Å².